The molecule has 21 heteroatoms. The molecule has 64 heavy (non-hydrogen) atoms. The zero-order valence-electron chi connectivity index (χ0n) is 35.3. The van der Waals surface area contributed by atoms with Gasteiger partial charge in [-0.15, -0.1) is 0 Å². The quantitative estimate of drug-likeness (QED) is 0.103. The number of imide groups is 1. The van der Waals surface area contributed by atoms with Gasteiger partial charge in [-0.1, -0.05) is 17.9 Å². The van der Waals surface area contributed by atoms with Crippen LogP contribution < -0.4 is 25.9 Å². The molecule has 342 valence electrons. The van der Waals surface area contributed by atoms with Gasteiger partial charge < -0.3 is 15.3 Å². The molecule has 2 amide bonds. The number of aryl methyl sites for hydroxylation is 2. The lowest BCUT2D eigenvalue weighted by Gasteiger charge is -2.47. The number of aliphatic hydroxyl groups is 1. The summed E-state index contributed by atoms with van der Waals surface area (Å²) in [7, 11) is -2.49. The first-order valence-electron chi connectivity index (χ1n) is 21.1. The van der Waals surface area contributed by atoms with Gasteiger partial charge in [0.15, 0.2) is 0 Å². The molecule has 3 saturated heterocycles. The van der Waals surface area contributed by atoms with Gasteiger partial charge in [-0.2, -0.15) is 18.2 Å². The second kappa shape index (κ2) is 16.8. The summed E-state index contributed by atoms with van der Waals surface area (Å²) in [6, 6.07) is 7.62. The minimum atomic E-state index is -4.74. The van der Waals surface area contributed by atoms with Crippen LogP contribution in [0.4, 0.5) is 39.4 Å². The molecule has 3 atom stereocenters. The number of sulfonamides is 1. The number of carbonyl (C=O) groups is 2. The fraction of sp³-hybridized carbons (Fsp3) is 0.512. The first kappa shape index (κ1) is 45.1. The van der Waals surface area contributed by atoms with Crippen LogP contribution in [0.25, 0.3) is 11.0 Å². The van der Waals surface area contributed by atoms with Crippen molar-refractivity contribution in [3.05, 3.63) is 69.8 Å². The summed E-state index contributed by atoms with van der Waals surface area (Å²) in [4.78, 5) is 48.6. The lowest BCUT2D eigenvalue weighted by atomic mass is 9.82. The molecule has 8 rings (SSSR count). The van der Waals surface area contributed by atoms with Crippen molar-refractivity contribution >= 4 is 50.3 Å². The minimum absolute atomic E-state index is 0.0473. The number of likely N-dealkylation sites (tertiary alicyclic amines) is 1. The number of piperidine rings is 3. The molecule has 1 saturated carbocycles. The molecule has 0 spiro atoms. The third-order valence-electron chi connectivity index (χ3n) is 12.7. The number of hydrogen-bond acceptors (Lipinski definition) is 11. The number of carbonyl (C=O) groups excluding carboxylic acids is 2. The third kappa shape index (κ3) is 9.10. The second-order valence-electron chi connectivity index (χ2n) is 17.6. The molecule has 2 unspecified atom stereocenters. The number of alkyl halides is 5. The number of hydrogen-bond donors (Lipinski definition) is 4. The smallest absolute Gasteiger partial charge is 0.388 e. The van der Waals surface area contributed by atoms with Crippen molar-refractivity contribution in [2.24, 2.45) is 13.0 Å². The van der Waals surface area contributed by atoms with Crippen molar-refractivity contribution in [1.82, 2.24) is 34.0 Å². The Labute approximate surface area is 365 Å². The monoisotopic (exact) mass is 913 g/mol. The highest BCUT2D eigenvalue weighted by Gasteiger charge is 2.48. The van der Waals surface area contributed by atoms with Crippen molar-refractivity contribution in [3.8, 4) is 11.8 Å². The topological polar surface area (TPSA) is 184 Å². The highest BCUT2D eigenvalue weighted by Crippen LogP contribution is 2.40. The predicted octanol–water partition coefficient (Wildman–Crippen LogP) is 4.74. The van der Waals surface area contributed by atoms with Gasteiger partial charge in [0.25, 0.3) is 5.92 Å². The van der Waals surface area contributed by atoms with Crippen molar-refractivity contribution in [2.75, 3.05) is 36.4 Å². The number of halogens is 5. The van der Waals surface area contributed by atoms with Crippen molar-refractivity contribution in [3.63, 3.8) is 0 Å². The number of nitrogens with one attached hydrogen (secondary N) is 3. The number of β-amino-alcohol motifs (C(OH)–C–C–N with tert-alkyl or cyclic N) is 1. The largest absolute Gasteiger partial charge is 0.421 e. The van der Waals surface area contributed by atoms with Crippen molar-refractivity contribution in [1.29, 1.82) is 0 Å². The Morgan fingerprint density at radius 1 is 1.06 bits per heavy atom. The van der Waals surface area contributed by atoms with Crippen LogP contribution >= 0.6 is 0 Å². The standard InChI is InChI=1S/C43H48F5N9O6S/c1-25-19-30(11-12-32(25)50-39-49-22-31(43(46,47)48)37(52-39)56-17-6-16-41(2,61)23-56)64(62,63)53-28-20-29(21-28)55-18-15-27(42(44,45)24-55)9-4-7-26-8-5-10-33-36(26)54(3)40(60)57(33)34-13-14-35(58)51-38(34)59/h5,8,10-12,19,22,27-29,34,53,61H,6,9,13-18,20-21,23-24H2,1-3H3,(H,49,50,52)(H,51,58,59)/t27?,28?,29?,34?,41-/m0/s1. The van der Waals surface area contributed by atoms with Crippen molar-refractivity contribution < 1.29 is 45.1 Å². The summed E-state index contributed by atoms with van der Waals surface area (Å²) in [5, 5.41) is 15.7. The fourth-order valence-electron chi connectivity index (χ4n) is 9.22. The normalized spacial score (nSPS) is 25.4. The van der Waals surface area contributed by atoms with Gasteiger partial charge in [-0.3, -0.25) is 28.9 Å². The Morgan fingerprint density at radius 2 is 1.83 bits per heavy atom. The van der Waals surface area contributed by atoms with Gasteiger partial charge in [-0.05, 0) is 94.8 Å². The maximum atomic E-state index is 15.6. The number of fused-ring (bicyclic) bond motifs is 1. The summed E-state index contributed by atoms with van der Waals surface area (Å²) in [6.07, 6.45) is -2.16. The van der Waals surface area contributed by atoms with E-state index in [2.05, 4.69) is 37.2 Å². The number of amides is 2. The Balaban J connectivity index is 0.861. The van der Waals surface area contributed by atoms with E-state index in [1.807, 2.05) is 0 Å². The zero-order chi connectivity index (χ0) is 45.9. The molecule has 5 heterocycles. The molecular formula is C43H48F5N9O6S. The molecular weight excluding hydrogens is 866 g/mol. The van der Waals surface area contributed by atoms with E-state index in [9.17, 15) is 41.1 Å². The summed E-state index contributed by atoms with van der Waals surface area (Å²) >= 11 is 0. The van der Waals surface area contributed by atoms with Crippen LogP contribution in [0.2, 0.25) is 0 Å². The van der Waals surface area contributed by atoms with Gasteiger partial charge in [0.05, 0.1) is 33.6 Å². The molecule has 15 nitrogen and oxygen atoms in total. The van der Waals surface area contributed by atoms with E-state index in [0.717, 1.165) is 0 Å². The molecule has 4 N–H and O–H groups in total. The molecule has 4 aliphatic rings. The summed E-state index contributed by atoms with van der Waals surface area (Å²) < 4.78 is 105. The highest BCUT2D eigenvalue weighted by molar-refractivity contribution is 7.89. The molecule has 0 bridgehead atoms. The van der Waals surface area contributed by atoms with E-state index >= 15 is 8.78 Å². The fourth-order valence-corrected chi connectivity index (χ4v) is 10.6. The lowest BCUT2D eigenvalue weighted by Crippen LogP contribution is -2.59. The second-order valence-corrected chi connectivity index (χ2v) is 19.3. The van der Waals surface area contributed by atoms with E-state index in [1.54, 1.807) is 44.0 Å². The number of anilines is 3. The Kier molecular flexibility index (Phi) is 11.9. The van der Waals surface area contributed by atoms with Gasteiger partial charge in [0.2, 0.25) is 27.8 Å². The molecule has 4 fully saturated rings. The highest BCUT2D eigenvalue weighted by atomic mass is 32.2. The number of aromatic nitrogens is 4. The number of nitrogens with zero attached hydrogens (tertiary/aromatic N) is 6. The summed E-state index contributed by atoms with van der Waals surface area (Å²) in [5.74, 6) is 0.293. The average Bonchev–Trinajstić information content (AvgIpc) is 3.45. The predicted molar refractivity (Wildman–Crippen MR) is 225 cm³/mol. The SMILES string of the molecule is Cc1cc(S(=O)(=O)NC2CC(N3CCC(CC#Cc4cccc5c4n(C)c(=O)n5C4CCC(=O)NC4=O)C(F)(F)C3)C2)ccc1Nc1ncc(C(F)(F)F)c(N2CCC[C@](C)(O)C2)n1. The van der Waals surface area contributed by atoms with Crippen molar-refractivity contribution in [2.45, 2.75) is 106 Å². The lowest BCUT2D eigenvalue weighted by molar-refractivity contribution is -0.138. The van der Waals surface area contributed by atoms with Gasteiger partial charge in [0.1, 0.15) is 17.4 Å². The Morgan fingerprint density at radius 3 is 2.52 bits per heavy atom. The molecule has 2 aromatic heterocycles. The molecule has 3 aliphatic heterocycles. The van der Waals surface area contributed by atoms with Gasteiger partial charge in [0, 0.05) is 62.9 Å². The molecule has 4 aromatic rings. The summed E-state index contributed by atoms with van der Waals surface area (Å²) in [5.41, 5.74) is -0.537. The van der Waals surface area contributed by atoms with Gasteiger partial charge in [-0.25, -0.2) is 31.7 Å². The van der Waals surface area contributed by atoms with Crippen LogP contribution in [0.1, 0.15) is 81.0 Å². The number of para-hydroxylation sites is 1. The van der Waals surface area contributed by atoms with E-state index in [-0.39, 0.29) is 61.5 Å². The van der Waals surface area contributed by atoms with Gasteiger partial charge >= 0.3 is 11.9 Å². The number of rotatable bonds is 9. The molecule has 2 aromatic carbocycles. The Hall–Kier alpha value is -5.43. The maximum absolute atomic E-state index is 15.6. The van der Waals surface area contributed by atoms with Crippen LogP contribution in [-0.2, 0) is 32.8 Å². The van der Waals surface area contributed by atoms with Crippen LogP contribution in [-0.4, -0.2) is 99.1 Å². The van der Waals surface area contributed by atoms with E-state index in [1.165, 1.54) is 32.2 Å². The molecule has 0 radical (unpaired) electrons. The van der Waals surface area contributed by atoms with E-state index < -0.39 is 75.3 Å². The van der Waals surface area contributed by atoms with Crippen LogP contribution in [0.3, 0.4) is 0 Å². The Bertz CT molecular complexity index is 2740. The van der Waals surface area contributed by atoms with Crippen LogP contribution in [0.5, 0.6) is 0 Å². The minimum Gasteiger partial charge on any atom is -0.388 e. The van der Waals surface area contributed by atoms with Crippen LogP contribution in [0, 0.1) is 24.7 Å². The number of imidazole rings is 1. The maximum Gasteiger partial charge on any atom is 0.421 e. The van der Waals surface area contributed by atoms with Crippen LogP contribution in [0.15, 0.2) is 52.3 Å². The zero-order valence-corrected chi connectivity index (χ0v) is 36.1. The van der Waals surface area contributed by atoms with E-state index in [0.29, 0.717) is 66.3 Å². The average molecular weight is 914 g/mol. The van der Waals surface area contributed by atoms with E-state index in [4.69, 9.17) is 0 Å². The first-order chi connectivity index (χ1) is 30.1. The number of benzene rings is 2. The molecule has 1 aliphatic carbocycles. The summed E-state index contributed by atoms with van der Waals surface area (Å²) in [6.45, 7) is 3.27. The first-order valence-corrected chi connectivity index (χ1v) is 22.5. The third-order valence-corrected chi connectivity index (χ3v) is 14.2.